The van der Waals surface area contributed by atoms with Crippen LogP contribution in [0.3, 0.4) is 0 Å². The van der Waals surface area contributed by atoms with Gasteiger partial charge in [-0.15, -0.1) is 0 Å². The molecule has 0 radical (unpaired) electrons. The minimum absolute atomic E-state index is 0.0940. The zero-order valence-corrected chi connectivity index (χ0v) is 12.1. The number of nitrogens with zero attached hydrogens (tertiary/aromatic N) is 1. The maximum Gasteiger partial charge on any atom is 0.446 e. The summed E-state index contributed by atoms with van der Waals surface area (Å²) < 4.78 is 36.7. The quantitative estimate of drug-likeness (QED) is 0.772. The standard InChI is InChI=1S/C14H16F3NOS/c1-9(2)18(11-5-6-11)13(19)10-3-7-12(8-4-10)20-14(15,16)17/h3-4,7-9,11H,5-6H2,1-2H3. The number of hydrogen-bond donors (Lipinski definition) is 0. The zero-order chi connectivity index (χ0) is 14.9. The lowest BCUT2D eigenvalue weighted by Gasteiger charge is -2.26. The zero-order valence-electron chi connectivity index (χ0n) is 11.3. The topological polar surface area (TPSA) is 20.3 Å². The van der Waals surface area contributed by atoms with Crippen LogP contribution in [0.1, 0.15) is 37.0 Å². The van der Waals surface area contributed by atoms with E-state index < -0.39 is 5.51 Å². The molecule has 0 bridgehead atoms. The first-order valence-corrected chi connectivity index (χ1v) is 7.28. The van der Waals surface area contributed by atoms with E-state index in [9.17, 15) is 18.0 Å². The molecule has 1 fully saturated rings. The average molecular weight is 303 g/mol. The van der Waals surface area contributed by atoms with Crippen LogP contribution in [0.4, 0.5) is 13.2 Å². The first-order valence-electron chi connectivity index (χ1n) is 6.46. The molecule has 110 valence electrons. The first kappa shape index (κ1) is 15.2. The number of rotatable bonds is 4. The average Bonchev–Trinajstić information content (AvgIpc) is 3.12. The lowest BCUT2D eigenvalue weighted by Crippen LogP contribution is -2.38. The predicted molar refractivity (Wildman–Crippen MR) is 72.7 cm³/mol. The Hall–Kier alpha value is -1.17. The van der Waals surface area contributed by atoms with Gasteiger partial charge in [-0.3, -0.25) is 4.79 Å². The summed E-state index contributed by atoms with van der Waals surface area (Å²) in [5, 5.41) is 0. The van der Waals surface area contributed by atoms with E-state index in [-0.39, 0.29) is 34.6 Å². The molecule has 0 N–H and O–H groups in total. The van der Waals surface area contributed by atoms with Crippen LogP contribution in [-0.4, -0.2) is 28.4 Å². The van der Waals surface area contributed by atoms with E-state index in [2.05, 4.69) is 0 Å². The summed E-state index contributed by atoms with van der Waals surface area (Å²) in [5.41, 5.74) is -3.86. The van der Waals surface area contributed by atoms with Crippen LogP contribution >= 0.6 is 11.8 Å². The molecule has 0 unspecified atom stereocenters. The van der Waals surface area contributed by atoms with Crippen molar-refractivity contribution in [1.29, 1.82) is 0 Å². The van der Waals surface area contributed by atoms with Gasteiger partial charge in [-0.1, -0.05) is 0 Å². The van der Waals surface area contributed by atoms with E-state index in [4.69, 9.17) is 0 Å². The fourth-order valence-electron chi connectivity index (χ4n) is 2.12. The van der Waals surface area contributed by atoms with Crippen LogP contribution in [0.2, 0.25) is 0 Å². The SMILES string of the molecule is CC(C)N(C(=O)c1ccc(SC(F)(F)F)cc1)C1CC1. The molecule has 1 aromatic rings. The van der Waals surface area contributed by atoms with Gasteiger partial charge in [-0.05, 0) is 62.7 Å². The van der Waals surface area contributed by atoms with Crippen molar-refractivity contribution in [3.05, 3.63) is 29.8 Å². The number of alkyl halides is 3. The second-order valence-electron chi connectivity index (χ2n) is 5.11. The summed E-state index contributed by atoms with van der Waals surface area (Å²) in [6.45, 7) is 3.90. The van der Waals surface area contributed by atoms with Crippen molar-refractivity contribution in [3.63, 3.8) is 0 Å². The smallest absolute Gasteiger partial charge is 0.333 e. The molecular formula is C14H16F3NOS. The van der Waals surface area contributed by atoms with Gasteiger partial charge in [0.05, 0.1) is 0 Å². The number of benzene rings is 1. The third kappa shape index (κ3) is 3.91. The van der Waals surface area contributed by atoms with E-state index in [0.29, 0.717) is 5.56 Å². The van der Waals surface area contributed by atoms with E-state index in [1.165, 1.54) is 24.3 Å². The molecule has 0 heterocycles. The van der Waals surface area contributed by atoms with Gasteiger partial charge in [0, 0.05) is 22.5 Å². The Balaban J connectivity index is 2.10. The Morgan fingerprint density at radius 3 is 2.20 bits per heavy atom. The number of amides is 1. The lowest BCUT2D eigenvalue weighted by atomic mass is 10.1. The molecule has 0 atom stereocenters. The minimum Gasteiger partial charge on any atom is -0.333 e. The summed E-state index contributed by atoms with van der Waals surface area (Å²) in [6, 6.07) is 6.00. The predicted octanol–water partition coefficient (Wildman–Crippen LogP) is 4.31. The highest BCUT2D eigenvalue weighted by Gasteiger charge is 2.35. The van der Waals surface area contributed by atoms with Crippen molar-refractivity contribution in [2.75, 3.05) is 0 Å². The normalized spacial score (nSPS) is 15.5. The molecule has 1 aliphatic rings. The number of carbonyl (C=O) groups is 1. The van der Waals surface area contributed by atoms with Crippen molar-refractivity contribution in [3.8, 4) is 0 Å². The van der Waals surface area contributed by atoms with Crippen LogP contribution in [0.15, 0.2) is 29.2 Å². The monoisotopic (exact) mass is 303 g/mol. The maximum atomic E-state index is 12.4. The highest BCUT2D eigenvalue weighted by atomic mass is 32.2. The summed E-state index contributed by atoms with van der Waals surface area (Å²) >= 11 is -0.170. The summed E-state index contributed by atoms with van der Waals surface area (Å²) in [7, 11) is 0. The van der Waals surface area contributed by atoms with Crippen LogP contribution in [0.5, 0.6) is 0 Å². The molecule has 6 heteroatoms. The van der Waals surface area contributed by atoms with Crippen molar-refractivity contribution >= 4 is 17.7 Å². The van der Waals surface area contributed by atoms with Crippen LogP contribution in [0, 0.1) is 0 Å². The molecule has 0 aliphatic heterocycles. The highest BCUT2D eigenvalue weighted by Crippen LogP contribution is 2.37. The van der Waals surface area contributed by atoms with Crippen molar-refractivity contribution in [2.45, 2.75) is 49.2 Å². The van der Waals surface area contributed by atoms with E-state index >= 15 is 0 Å². The van der Waals surface area contributed by atoms with Crippen LogP contribution < -0.4 is 0 Å². The highest BCUT2D eigenvalue weighted by molar-refractivity contribution is 8.00. The van der Waals surface area contributed by atoms with E-state index in [1.54, 1.807) is 0 Å². The molecule has 1 saturated carbocycles. The first-order chi connectivity index (χ1) is 9.28. The Morgan fingerprint density at radius 1 is 1.25 bits per heavy atom. The van der Waals surface area contributed by atoms with Gasteiger partial charge < -0.3 is 4.90 Å². The molecule has 1 aromatic carbocycles. The second kappa shape index (κ2) is 5.68. The van der Waals surface area contributed by atoms with Gasteiger partial charge >= 0.3 is 5.51 Å². The fourth-order valence-corrected chi connectivity index (χ4v) is 2.66. The van der Waals surface area contributed by atoms with Crippen LogP contribution in [-0.2, 0) is 0 Å². The number of hydrogen-bond acceptors (Lipinski definition) is 2. The molecule has 20 heavy (non-hydrogen) atoms. The molecule has 0 aromatic heterocycles. The maximum absolute atomic E-state index is 12.4. The van der Waals surface area contributed by atoms with Gasteiger partial charge in [-0.25, -0.2) is 0 Å². The fraction of sp³-hybridized carbons (Fsp3) is 0.500. The summed E-state index contributed by atoms with van der Waals surface area (Å²) in [4.78, 5) is 14.3. The molecular weight excluding hydrogens is 287 g/mol. The molecule has 2 rings (SSSR count). The Bertz CT molecular complexity index is 478. The van der Waals surface area contributed by atoms with Crippen molar-refractivity contribution in [2.24, 2.45) is 0 Å². The Labute approximate surface area is 120 Å². The lowest BCUT2D eigenvalue weighted by molar-refractivity contribution is -0.0328. The number of thioether (sulfide) groups is 1. The third-order valence-electron chi connectivity index (χ3n) is 3.07. The van der Waals surface area contributed by atoms with Gasteiger partial charge in [-0.2, -0.15) is 13.2 Å². The molecule has 1 amide bonds. The third-order valence-corrected chi connectivity index (χ3v) is 3.81. The van der Waals surface area contributed by atoms with Crippen molar-refractivity contribution in [1.82, 2.24) is 4.90 Å². The van der Waals surface area contributed by atoms with Gasteiger partial charge in [0.1, 0.15) is 0 Å². The summed E-state index contributed by atoms with van der Waals surface area (Å²) in [5.74, 6) is -0.106. The second-order valence-corrected chi connectivity index (χ2v) is 6.25. The molecule has 1 aliphatic carbocycles. The van der Waals surface area contributed by atoms with Gasteiger partial charge in [0.25, 0.3) is 5.91 Å². The Morgan fingerprint density at radius 2 is 1.80 bits per heavy atom. The Kier molecular flexibility index (Phi) is 4.32. The van der Waals surface area contributed by atoms with Gasteiger partial charge in [0.2, 0.25) is 0 Å². The molecule has 2 nitrogen and oxygen atoms in total. The minimum atomic E-state index is -4.30. The van der Waals surface area contributed by atoms with Crippen LogP contribution in [0.25, 0.3) is 0 Å². The largest absolute Gasteiger partial charge is 0.446 e. The van der Waals surface area contributed by atoms with E-state index in [0.717, 1.165) is 12.8 Å². The molecule has 0 saturated heterocycles. The number of carbonyl (C=O) groups excluding carboxylic acids is 1. The number of halogens is 3. The van der Waals surface area contributed by atoms with E-state index in [1.807, 2.05) is 18.7 Å². The van der Waals surface area contributed by atoms with Gasteiger partial charge in [0.15, 0.2) is 0 Å². The van der Waals surface area contributed by atoms with Crippen molar-refractivity contribution < 1.29 is 18.0 Å². The summed E-state index contributed by atoms with van der Waals surface area (Å²) in [6.07, 6.45) is 2.01. The molecule has 0 spiro atoms.